The maximum Gasteiger partial charge on any atom is 0.162 e. The lowest BCUT2D eigenvalue weighted by Crippen LogP contribution is -2.17. The SMILES string of the molecule is Fc1cccc(CC(Br)C2CCOC2)c1F. The third-order valence-electron chi connectivity index (χ3n) is 2.92. The topological polar surface area (TPSA) is 9.23 Å². The van der Waals surface area contributed by atoms with Gasteiger partial charge in [-0.05, 0) is 30.4 Å². The number of alkyl halides is 1. The lowest BCUT2D eigenvalue weighted by atomic mass is 9.98. The van der Waals surface area contributed by atoms with Gasteiger partial charge in [0.25, 0.3) is 0 Å². The largest absolute Gasteiger partial charge is 0.381 e. The van der Waals surface area contributed by atoms with Crippen LogP contribution in [0.3, 0.4) is 0 Å². The van der Waals surface area contributed by atoms with Gasteiger partial charge in [0.1, 0.15) is 0 Å². The third kappa shape index (κ3) is 2.61. The van der Waals surface area contributed by atoms with Crippen molar-refractivity contribution < 1.29 is 13.5 Å². The molecule has 0 bridgehead atoms. The zero-order valence-corrected chi connectivity index (χ0v) is 10.3. The predicted molar refractivity (Wildman–Crippen MR) is 61.7 cm³/mol. The Kier molecular flexibility index (Phi) is 3.92. The summed E-state index contributed by atoms with van der Waals surface area (Å²) < 4.78 is 31.7. The molecule has 0 N–H and O–H groups in total. The minimum Gasteiger partial charge on any atom is -0.381 e. The van der Waals surface area contributed by atoms with Gasteiger partial charge < -0.3 is 4.74 Å². The highest BCUT2D eigenvalue weighted by Crippen LogP contribution is 2.26. The fourth-order valence-corrected chi connectivity index (χ4v) is 2.69. The molecule has 1 aromatic carbocycles. The highest BCUT2D eigenvalue weighted by atomic mass is 79.9. The minimum atomic E-state index is -0.778. The summed E-state index contributed by atoms with van der Waals surface area (Å²) in [6.07, 6.45) is 1.48. The van der Waals surface area contributed by atoms with Crippen molar-refractivity contribution in [3.05, 3.63) is 35.4 Å². The highest BCUT2D eigenvalue weighted by Gasteiger charge is 2.24. The number of hydrogen-bond donors (Lipinski definition) is 0. The van der Waals surface area contributed by atoms with Crippen LogP contribution >= 0.6 is 15.9 Å². The van der Waals surface area contributed by atoms with Crippen LogP contribution < -0.4 is 0 Å². The molecular weight excluding hydrogens is 278 g/mol. The van der Waals surface area contributed by atoms with Crippen LogP contribution in [0, 0.1) is 17.6 Å². The Morgan fingerprint density at radius 2 is 2.25 bits per heavy atom. The molecule has 0 saturated carbocycles. The van der Waals surface area contributed by atoms with Gasteiger partial charge in [-0.1, -0.05) is 28.1 Å². The van der Waals surface area contributed by atoms with Gasteiger partial charge in [0.15, 0.2) is 11.6 Å². The Morgan fingerprint density at radius 3 is 2.94 bits per heavy atom. The summed E-state index contributed by atoms with van der Waals surface area (Å²) in [6.45, 7) is 1.46. The van der Waals surface area contributed by atoms with E-state index in [1.54, 1.807) is 12.1 Å². The zero-order valence-electron chi connectivity index (χ0n) is 8.76. The molecule has 0 amide bonds. The molecule has 1 heterocycles. The Morgan fingerprint density at radius 1 is 1.44 bits per heavy atom. The van der Waals surface area contributed by atoms with Crippen molar-refractivity contribution in [1.82, 2.24) is 0 Å². The van der Waals surface area contributed by atoms with Gasteiger partial charge in [-0.3, -0.25) is 0 Å². The van der Waals surface area contributed by atoms with E-state index in [4.69, 9.17) is 4.74 Å². The van der Waals surface area contributed by atoms with Crippen LogP contribution in [-0.4, -0.2) is 18.0 Å². The normalized spacial score (nSPS) is 22.3. The molecule has 1 aliphatic rings. The van der Waals surface area contributed by atoms with Gasteiger partial charge in [0.2, 0.25) is 0 Å². The van der Waals surface area contributed by atoms with Crippen LogP contribution in [0.4, 0.5) is 8.78 Å². The summed E-state index contributed by atoms with van der Waals surface area (Å²) in [6, 6.07) is 4.31. The van der Waals surface area contributed by atoms with Crippen LogP contribution in [0.15, 0.2) is 18.2 Å². The fraction of sp³-hybridized carbons (Fsp3) is 0.500. The van der Waals surface area contributed by atoms with Crippen molar-refractivity contribution in [3.63, 3.8) is 0 Å². The van der Waals surface area contributed by atoms with Crippen LogP contribution in [-0.2, 0) is 11.2 Å². The van der Waals surface area contributed by atoms with E-state index in [1.807, 2.05) is 0 Å². The molecule has 4 heteroatoms. The van der Waals surface area contributed by atoms with E-state index in [0.29, 0.717) is 24.5 Å². The van der Waals surface area contributed by atoms with Crippen LogP contribution in [0.25, 0.3) is 0 Å². The fourth-order valence-electron chi connectivity index (χ4n) is 1.92. The Bertz CT molecular complexity index is 364. The number of halogens is 3. The number of hydrogen-bond acceptors (Lipinski definition) is 1. The predicted octanol–water partition coefficient (Wildman–Crippen LogP) is 3.31. The second-order valence-corrected chi connectivity index (χ2v) is 5.23. The Hall–Kier alpha value is -0.480. The maximum absolute atomic E-state index is 13.4. The molecule has 88 valence electrons. The van der Waals surface area contributed by atoms with Gasteiger partial charge in [0.05, 0.1) is 6.61 Å². The second kappa shape index (κ2) is 5.23. The molecule has 1 saturated heterocycles. The average Bonchev–Trinajstić information content (AvgIpc) is 2.78. The number of ether oxygens (including phenoxy) is 1. The van der Waals surface area contributed by atoms with Crippen LogP contribution in [0.1, 0.15) is 12.0 Å². The molecule has 1 aromatic rings. The van der Waals surface area contributed by atoms with Crippen molar-refractivity contribution in [2.24, 2.45) is 5.92 Å². The molecule has 1 aliphatic heterocycles. The first-order valence-corrected chi connectivity index (χ1v) is 6.24. The van der Waals surface area contributed by atoms with E-state index < -0.39 is 11.6 Å². The molecule has 16 heavy (non-hydrogen) atoms. The zero-order chi connectivity index (χ0) is 11.5. The summed E-state index contributed by atoms with van der Waals surface area (Å²) in [5, 5.41) is 0. The van der Waals surface area contributed by atoms with E-state index in [2.05, 4.69) is 15.9 Å². The van der Waals surface area contributed by atoms with Crippen molar-refractivity contribution in [3.8, 4) is 0 Å². The molecule has 0 aromatic heterocycles. The van der Waals surface area contributed by atoms with E-state index in [0.717, 1.165) is 19.1 Å². The summed E-state index contributed by atoms with van der Waals surface area (Å²) in [5.41, 5.74) is 0.425. The molecule has 1 nitrogen and oxygen atoms in total. The smallest absolute Gasteiger partial charge is 0.162 e. The van der Waals surface area contributed by atoms with Gasteiger partial charge >= 0.3 is 0 Å². The lowest BCUT2D eigenvalue weighted by molar-refractivity contribution is 0.185. The molecule has 0 spiro atoms. The summed E-state index contributed by atoms with van der Waals surface area (Å²) in [7, 11) is 0. The van der Waals surface area contributed by atoms with Crippen LogP contribution in [0.5, 0.6) is 0 Å². The van der Waals surface area contributed by atoms with Gasteiger partial charge in [0, 0.05) is 11.4 Å². The number of rotatable bonds is 3. The van der Waals surface area contributed by atoms with Gasteiger partial charge in [-0.2, -0.15) is 0 Å². The van der Waals surface area contributed by atoms with Crippen molar-refractivity contribution in [2.75, 3.05) is 13.2 Å². The van der Waals surface area contributed by atoms with Crippen molar-refractivity contribution >= 4 is 15.9 Å². The monoisotopic (exact) mass is 290 g/mol. The molecule has 2 atom stereocenters. The molecule has 0 radical (unpaired) electrons. The summed E-state index contributed by atoms with van der Waals surface area (Å²) in [4.78, 5) is 0.145. The second-order valence-electron chi connectivity index (χ2n) is 4.06. The molecule has 2 rings (SSSR count). The third-order valence-corrected chi connectivity index (χ3v) is 3.99. The maximum atomic E-state index is 13.4. The standard InChI is InChI=1S/C12H13BrF2O/c13-10(9-4-5-16-7-9)6-8-2-1-3-11(14)12(8)15/h1-3,9-10H,4-7H2. The first-order valence-electron chi connectivity index (χ1n) is 5.33. The molecule has 2 unspecified atom stereocenters. The molecule has 1 fully saturated rings. The first-order chi connectivity index (χ1) is 7.68. The Balaban J connectivity index is 2.05. The summed E-state index contributed by atoms with van der Waals surface area (Å²) in [5.74, 6) is -1.12. The lowest BCUT2D eigenvalue weighted by Gasteiger charge is -2.16. The molecular formula is C12H13BrF2O. The van der Waals surface area contributed by atoms with Gasteiger partial charge in [-0.25, -0.2) is 8.78 Å². The van der Waals surface area contributed by atoms with Crippen LogP contribution in [0.2, 0.25) is 0 Å². The van der Waals surface area contributed by atoms with E-state index in [-0.39, 0.29) is 4.83 Å². The quantitative estimate of drug-likeness (QED) is 0.776. The van der Waals surface area contributed by atoms with Gasteiger partial charge in [-0.15, -0.1) is 0 Å². The van der Waals surface area contributed by atoms with Crippen molar-refractivity contribution in [2.45, 2.75) is 17.7 Å². The summed E-state index contributed by atoms with van der Waals surface area (Å²) >= 11 is 3.53. The van der Waals surface area contributed by atoms with E-state index in [9.17, 15) is 8.78 Å². The molecule has 0 aliphatic carbocycles. The highest BCUT2D eigenvalue weighted by molar-refractivity contribution is 9.09. The van der Waals surface area contributed by atoms with E-state index >= 15 is 0 Å². The average molecular weight is 291 g/mol. The van der Waals surface area contributed by atoms with Crippen molar-refractivity contribution in [1.29, 1.82) is 0 Å². The minimum absolute atomic E-state index is 0.145. The van der Waals surface area contributed by atoms with E-state index in [1.165, 1.54) is 0 Å². The number of benzene rings is 1. The first kappa shape index (κ1) is 12.0. The Labute approximate surface area is 102 Å².